The lowest BCUT2D eigenvalue weighted by Gasteiger charge is -2.31. The summed E-state index contributed by atoms with van der Waals surface area (Å²) >= 11 is 0. The first-order chi connectivity index (χ1) is 10.4. The van der Waals surface area contributed by atoms with E-state index in [9.17, 15) is 0 Å². The van der Waals surface area contributed by atoms with Crippen LogP contribution in [0.4, 0.5) is 0 Å². The SMILES string of the molecule is N#CCCOCC#CC[NH+]1CCCC[C@@H]1c1cccnc1. The van der Waals surface area contributed by atoms with E-state index in [4.69, 9.17) is 10.00 Å². The van der Waals surface area contributed by atoms with E-state index in [2.05, 4.69) is 29.0 Å². The number of hydrogen-bond acceptors (Lipinski definition) is 3. The van der Waals surface area contributed by atoms with E-state index in [1.165, 1.54) is 36.3 Å². The molecule has 0 bridgehead atoms. The highest BCUT2D eigenvalue weighted by Gasteiger charge is 2.26. The Morgan fingerprint density at radius 2 is 2.33 bits per heavy atom. The van der Waals surface area contributed by atoms with Crippen LogP contribution in [-0.4, -0.2) is 31.3 Å². The lowest BCUT2D eigenvalue weighted by Crippen LogP contribution is -3.13. The van der Waals surface area contributed by atoms with Gasteiger partial charge in [0, 0.05) is 24.4 Å². The third kappa shape index (κ3) is 5.19. The Bertz CT molecular complexity index is 512. The van der Waals surface area contributed by atoms with E-state index in [-0.39, 0.29) is 0 Å². The number of rotatable bonds is 5. The maximum absolute atomic E-state index is 8.40. The summed E-state index contributed by atoms with van der Waals surface area (Å²) in [6.45, 7) is 2.91. The number of nitrogens with zero attached hydrogens (tertiary/aromatic N) is 2. The molecule has 110 valence electrons. The summed E-state index contributed by atoms with van der Waals surface area (Å²) in [5.74, 6) is 6.26. The minimum Gasteiger partial charge on any atom is -0.368 e. The fourth-order valence-electron chi connectivity index (χ4n) is 2.74. The molecular formula is C17H22N3O+. The van der Waals surface area contributed by atoms with Gasteiger partial charge in [-0.3, -0.25) is 4.98 Å². The van der Waals surface area contributed by atoms with Crippen LogP contribution in [0.2, 0.25) is 0 Å². The predicted molar refractivity (Wildman–Crippen MR) is 80.4 cm³/mol. The quantitative estimate of drug-likeness (QED) is 0.651. The highest BCUT2D eigenvalue weighted by atomic mass is 16.5. The molecule has 2 rings (SSSR count). The van der Waals surface area contributed by atoms with Gasteiger partial charge in [-0.1, -0.05) is 12.0 Å². The first kappa shape index (κ1) is 15.5. The molecule has 2 atom stereocenters. The number of nitrogens with one attached hydrogen (secondary N) is 1. The zero-order valence-electron chi connectivity index (χ0n) is 12.3. The number of likely N-dealkylation sites (tertiary alicyclic amines) is 1. The second kappa shape index (κ2) is 9.13. The Kier molecular flexibility index (Phi) is 6.74. The third-order valence-electron chi connectivity index (χ3n) is 3.79. The summed E-state index contributed by atoms with van der Waals surface area (Å²) in [5.41, 5.74) is 1.32. The molecule has 1 fully saturated rings. The maximum Gasteiger partial charge on any atom is 0.139 e. The number of hydrogen-bond donors (Lipinski definition) is 1. The number of piperidine rings is 1. The summed E-state index contributed by atoms with van der Waals surface area (Å²) in [6.07, 6.45) is 8.00. The molecule has 1 aliphatic rings. The van der Waals surface area contributed by atoms with Crippen LogP contribution in [0.1, 0.15) is 37.3 Å². The molecule has 21 heavy (non-hydrogen) atoms. The highest BCUT2D eigenvalue weighted by molar-refractivity contribution is 5.12. The van der Waals surface area contributed by atoms with E-state index < -0.39 is 0 Å². The van der Waals surface area contributed by atoms with Crippen LogP contribution in [-0.2, 0) is 4.74 Å². The number of nitriles is 1. The monoisotopic (exact) mass is 284 g/mol. The van der Waals surface area contributed by atoms with Gasteiger partial charge in [0.1, 0.15) is 19.2 Å². The molecule has 1 aromatic rings. The van der Waals surface area contributed by atoms with Crippen LogP contribution >= 0.6 is 0 Å². The zero-order valence-corrected chi connectivity index (χ0v) is 12.3. The average molecular weight is 284 g/mol. The lowest BCUT2D eigenvalue weighted by atomic mass is 9.96. The maximum atomic E-state index is 8.40. The fraction of sp³-hybridized carbons (Fsp3) is 0.529. The van der Waals surface area contributed by atoms with E-state index in [1.807, 2.05) is 18.5 Å². The molecule has 0 radical (unpaired) electrons. The topological polar surface area (TPSA) is 50.3 Å². The molecule has 1 saturated heterocycles. The Balaban J connectivity index is 1.83. The van der Waals surface area contributed by atoms with Gasteiger partial charge in [0.05, 0.1) is 25.6 Å². The molecule has 0 aliphatic carbocycles. The normalized spacial score (nSPS) is 21.1. The first-order valence-corrected chi connectivity index (χ1v) is 7.56. The van der Waals surface area contributed by atoms with Crippen LogP contribution in [0.15, 0.2) is 24.5 Å². The van der Waals surface area contributed by atoms with Crippen LogP contribution in [0, 0.1) is 23.2 Å². The molecule has 0 spiro atoms. The van der Waals surface area contributed by atoms with Gasteiger partial charge in [-0.2, -0.15) is 5.26 Å². The summed E-state index contributed by atoms with van der Waals surface area (Å²) in [7, 11) is 0. The van der Waals surface area contributed by atoms with Crippen LogP contribution < -0.4 is 4.90 Å². The van der Waals surface area contributed by atoms with Crippen molar-refractivity contribution in [1.82, 2.24) is 4.98 Å². The van der Waals surface area contributed by atoms with Gasteiger partial charge in [-0.15, -0.1) is 0 Å². The van der Waals surface area contributed by atoms with E-state index in [1.54, 1.807) is 0 Å². The standard InChI is InChI=1S/C17H21N3O/c18-9-6-14-21-13-4-3-12-20-11-2-1-8-17(20)16-7-5-10-19-15-16/h5,7,10,15,17H,1-2,6,8,11-14H2/p+1/t17-/m1/s1. The van der Waals surface area contributed by atoms with E-state index in [0.717, 1.165) is 6.54 Å². The van der Waals surface area contributed by atoms with Crippen molar-refractivity contribution in [2.24, 2.45) is 0 Å². The molecule has 1 N–H and O–H groups in total. The van der Waals surface area contributed by atoms with Gasteiger partial charge >= 0.3 is 0 Å². The minimum atomic E-state index is 0.423. The molecule has 1 aliphatic heterocycles. The van der Waals surface area contributed by atoms with Crippen molar-refractivity contribution in [2.45, 2.75) is 31.7 Å². The molecule has 0 saturated carbocycles. The van der Waals surface area contributed by atoms with Gasteiger partial charge in [0.2, 0.25) is 0 Å². The summed E-state index contributed by atoms with van der Waals surface area (Å²) in [4.78, 5) is 5.76. The number of quaternary nitrogens is 1. The molecular weight excluding hydrogens is 262 g/mol. The van der Waals surface area contributed by atoms with E-state index in [0.29, 0.717) is 25.7 Å². The van der Waals surface area contributed by atoms with Crippen molar-refractivity contribution >= 4 is 0 Å². The Labute approximate surface area is 126 Å². The summed E-state index contributed by atoms with van der Waals surface area (Å²) < 4.78 is 5.26. The Hall–Kier alpha value is -1.88. The van der Waals surface area contributed by atoms with Crippen molar-refractivity contribution in [1.29, 1.82) is 5.26 Å². The van der Waals surface area contributed by atoms with Crippen molar-refractivity contribution < 1.29 is 9.64 Å². The Morgan fingerprint density at radius 1 is 1.38 bits per heavy atom. The second-order valence-electron chi connectivity index (χ2n) is 5.23. The van der Waals surface area contributed by atoms with Crippen LogP contribution in [0.5, 0.6) is 0 Å². The number of aromatic nitrogens is 1. The summed E-state index contributed by atoms with van der Waals surface area (Å²) in [5, 5.41) is 8.40. The highest BCUT2D eigenvalue weighted by Crippen LogP contribution is 2.17. The van der Waals surface area contributed by atoms with Gasteiger partial charge < -0.3 is 9.64 Å². The van der Waals surface area contributed by atoms with Crippen LogP contribution in [0.25, 0.3) is 0 Å². The second-order valence-corrected chi connectivity index (χ2v) is 5.23. The fourth-order valence-corrected chi connectivity index (χ4v) is 2.74. The molecule has 0 aromatic carbocycles. The van der Waals surface area contributed by atoms with Gasteiger partial charge in [0.15, 0.2) is 0 Å². The van der Waals surface area contributed by atoms with Gasteiger partial charge in [-0.05, 0) is 24.8 Å². The molecule has 4 heteroatoms. The van der Waals surface area contributed by atoms with Gasteiger partial charge in [0.25, 0.3) is 0 Å². The molecule has 2 heterocycles. The summed E-state index contributed by atoms with van der Waals surface area (Å²) in [6, 6.07) is 6.74. The third-order valence-corrected chi connectivity index (χ3v) is 3.79. The average Bonchev–Trinajstić information content (AvgIpc) is 2.55. The molecule has 1 unspecified atom stereocenters. The number of pyridine rings is 1. The molecule has 0 amide bonds. The van der Waals surface area contributed by atoms with Crippen molar-refractivity contribution in [3.05, 3.63) is 30.1 Å². The van der Waals surface area contributed by atoms with Crippen molar-refractivity contribution in [3.8, 4) is 17.9 Å². The van der Waals surface area contributed by atoms with Crippen molar-refractivity contribution in [3.63, 3.8) is 0 Å². The first-order valence-electron chi connectivity index (χ1n) is 7.56. The predicted octanol–water partition coefficient (Wildman–Crippen LogP) is 1.13. The zero-order chi connectivity index (χ0) is 14.8. The van der Waals surface area contributed by atoms with Crippen LogP contribution in [0.3, 0.4) is 0 Å². The Morgan fingerprint density at radius 3 is 3.14 bits per heavy atom. The smallest absolute Gasteiger partial charge is 0.139 e. The lowest BCUT2D eigenvalue weighted by molar-refractivity contribution is -0.930. The van der Waals surface area contributed by atoms with Gasteiger partial charge in [-0.25, -0.2) is 0 Å². The number of ether oxygens (including phenoxy) is 1. The largest absolute Gasteiger partial charge is 0.368 e. The molecule has 1 aromatic heterocycles. The van der Waals surface area contributed by atoms with E-state index >= 15 is 0 Å². The molecule has 4 nitrogen and oxygen atoms in total. The minimum absolute atomic E-state index is 0.423. The van der Waals surface area contributed by atoms with Crippen molar-refractivity contribution in [2.75, 3.05) is 26.3 Å².